The van der Waals surface area contributed by atoms with Crippen LogP contribution in [-0.2, 0) is 0 Å². The van der Waals surface area contributed by atoms with E-state index < -0.39 is 4.33 Å². The average molecular weight is 167 g/mol. The molecule has 0 radical (unpaired) electrons. The maximum Gasteiger partial charge on any atom is 0.122 e. The lowest BCUT2D eigenvalue weighted by molar-refractivity contribution is 0.348. The van der Waals surface area contributed by atoms with Crippen molar-refractivity contribution in [3.8, 4) is 0 Å². The molecule has 0 aromatic rings. The summed E-state index contributed by atoms with van der Waals surface area (Å²) < 4.78 is -0.405. The van der Waals surface area contributed by atoms with Crippen molar-refractivity contribution in [2.24, 2.45) is 11.3 Å². The molecule has 9 heavy (non-hydrogen) atoms. The second-order valence-electron chi connectivity index (χ2n) is 3.88. The molecular formula is C7H12Cl2. The Morgan fingerprint density at radius 2 is 1.67 bits per heavy atom. The van der Waals surface area contributed by atoms with Gasteiger partial charge in [0.15, 0.2) is 0 Å². The van der Waals surface area contributed by atoms with Crippen molar-refractivity contribution in [3.63, 3.8) is 0 Å². The molecule has 0 heterocycles. The molecule has 0 N–H and O–H groups in total. The summed E-state index contributed by atoms with van der Waals surface area (Å²) in [6.45, 7) is 6.51. The Morgan fingerprint density at radius 1 is 1.33 bits per heavy atom. The molecule has 1 saturated carbocycles. The van der Waals surface area contributed by atoms with Gasteiger partial charge in [0.25, 0.3) is 0 Å². The van der Waals surface area contributed by atoms with E-state index in [9.17, 15) is 0 Å². The van der Waals surface area contributed by atoms with Gasteiger partial charge < -0.3 is 0 Å². The van der Waals surface area contributed by atoms with Gasteiger partial charge >= 0.3 is 0 Å². The number of halogens is 2. The largest absolute Gasteiger partial charge is 0.122 e. The summed E-state index contributed by atoms with van der Waals surface area (Å²) in [7, 11) is 0. The highest BCUT2D eigenvalue weighted by molar-refractivity contribution is 6.50. The minimum atomic E-state index is -0.405. The average Bonchev–Trinajstić information content (AvgIpc) is 2.10. The van der Waals surface area contributed by atoms with Gasteiger partial charge in [-0.3, -0.25) is 0 Å². The van der Waals surface area contributed by atoms with Gasteiger partial charge in [0.2, 0.25) is 0 Å². The predicted octanol–water partition coefficient (Wildman–Crippen LogP) is 3.23. The van der Waals surface area contributed by atoms with Crippen LogP contribution in [-0.4, -0.2) is 4.33 Å². The van der Waals surface area contributed by atoms with Crippen molar-refractivity contribution in [1.29, 1.82) is 0 Å². The molecule has 0 amide bonds. The molecule has 54 valence electrons. The second kappa shape index (κ2) is 1.79. The molecule has 1 atom stereocenters. The zero-order chi connectivity index (χ0) is 7.28. The normalized spacial score (nSPS) is 32.3. The lowest BCUT2D eigenvalue weighted by atomic mass is 9.90. The lowest BCUT2D eigenvalue weighted by Gasteiger charge is -2.17. The molecule has 1 rings (SSSR count). The summed E-state index contributed by atoms with van der Waals surface area (Å²) in [5, 5.41) is 0. The number of hydrogen-bond acceptors (Lipinski definition) is 0. The van der Waals surface area contributed by atoms with Crippen LogP contribution < -0.4 is 0 Å². The minimum Gasteiger partial charge on any atom is -0.101 e. The van der Waals surface area contributed by atoms with Crippen molar-refractivity contribution in [1.82, 2.24) is 0 Å². The molecule has 1 unspecified atom stereocenters. The summed E-state index contributed by atoms with van der Waals surface area (Å²) in [6, 6.07) is 0. The van der Waals surface area contributed by atoms with Gasteiger partial charge in [-0.25, -0.2) is 0 Å². The second-order valence-corrected chi connectivity index (χ2v) is 5.43. The quantitative estimate of drug-likeness (QED) is 0.486. The Hall–Kier alpha value is 0.580. The first-order valence-corrected chi connectivity index (χ1v) is 3.97. The van der Waals surface area contributed by atoms with E-state index in [1.165, 1.54) is 0 Å². The molecular weight excluding hydrogens is 155 g/mol. The highest BCUT2D eigenvalue weighted by Gasteiger charge is 2.56. The highest BCUT2D eigenvalue weighted by atomic mass is 35.5. The number of rotatable bonds is 0. The van der Waals surface area contributed by atoms with Crippen molar-refractivity contribution in [2.75, 3.05) is 0 Å². The lowest BCUT2D eigenvalue weighted by Crippen LogP contribution is -2.12. The monoisotopic (exact) mass is 166 g/mol. The highest BCUT2D eigenvalue weighted by Crippen LogP contribution is 2.60. The molecule has 0 aliphatic heterocycles. The Kier molecular flexibility index (Phi) is 1.53. The van der Waals surface area contributed by atoms with E-state index in [-0.39, 0.29) is 5.41 Å². The van der Waals surface area contributed by atoms with Gasteiger partial charge in [0.1, 0.15) is 4.33 Å². The van der Waals surface area contributed by atoms with Crippen molar-refractivity contribution in [3.05, 3.63) is 0 Å². The topological polar surface area (TPSA) is 0 Å². The molecule has 1 fully saturated rings. The van der Waals surface area contributed by atoms with Crippen LogP contribution in [0.1, 0.15) is 27.2 Å². The standard InChI is InChI=1S/C7H12Cl2/c1-6(2,3)5-4-7(5,8)9/h5H,4H2,1-3H3. The Bertz CT molecular complexity index is 121. The third-order valence-corrected chi connectivity index (χ3v) is 2.71. The van der Waals surface area contributed by atoms with Crippen molar-refractivity contribution >= 4 is 23.2 Å². The Balaban J connectivity index is 2.52. The zero-order valence-corrected chi connectivity index (χ0v) is 7.55. The Labute approximate surface area is 66.5 Å². The van der Waals surface area contributed by atoms with Gasteiger partial charge in [-0.05, 0) is 17.8 Å². The van der Waals surface area contributed by atoms with Gasteiger partial charge in [0, 0.05) is 0 Å². The molecule has 0 spiro atoms. The van der Waals surface area contributed by atoms with E-state index in [1.807, 2.05) is 0 Å². The maximum atomic E-state index is 5.86. The van der Waals surface area contributed by atoms with Crippen LogP contribution in [0.15, 0.2) is 0 Å². The van der Waals surface area contributed by atoms with E-state index in [1.54, 1.807) is 0 Å². The molecule has 0 aromatic heterocycles. The van der Waals surface area contributed by atoms with Gasteiger partial charge in [0.05, 0.1) is 0 Å². The molecule has 2 heteroatoms. The summed E-state index contributed by atoms with van der Waals surface area (Å²) in [6.07, 6.45) is 0.958. The van der Waals surface area contributed by atoms with E-state index >= 15 is 0 Å². The molecule has 0 saturated heterocycles. The molecule has 1 aliphatic rings. The first-order valence-electron chi connectivity index (χ1n) is 3.22. The third kappa shape index (κ3) is 1.53. The van der Waals surface area contributed by atoms with Crippen LogP contribution in [0.2, 0.25) is 0 Å². The van der Waals surface area contributed by atoms with Crippen LogP contribution >= 0.6 is 23.2 Å². The van der Waals surface area contributed by atoms with Crippen LogP contribution in [0.25, 0.3) is 0 Å². The summed E-state index contributed by atoms with van der Waals surface area (Å²) >= 11 is 11.7. The number of alkyl halides is 2. The smallest absolute Gasteiger partial charge is 0.101 e. The first kappa shape index (κ1) is 7.68. The van der Waals surface area contributed by atoms with Gasteiger partial charge in [-0.2, -0.15) is 0 Å². The van der Waals surface area contributed by atoms with Crippen LogP contribution in [0, 0.1) is 11.3 Å². The summed E-state index contributed by atoms with van der Waals surface area (Å²) in [5.74, 6) is 0.494. The van der Waals surface area contributed by atoms with Crippen LogP contribution in [0.5, 0.6) is 0 Å². The summed E-state index contributed by atoms with van der Waals surface area (Å²) in [5.41, 5.74) is 0.281. The fraction of sp³-hybridized carbons (Fsp3) is 1.00. The molecule has 0 aromatic carbocycles. The van der Waals surface area contributed by atoms with Gasteiger partial charge in [-0.1, -0.05) is 20.8 Å². The zero-order valence-electron chi connectivity index (χ0n) is 6.04. The van der Waals surface area contributed by atoms with Gasteiger partial charge in [-0.15, -0.1) is 23.2 Å². The molecule has 1 aliphatic carbocycles. The Morgan fingerprint density at radius 3 is 1.67 bits per heavy atom. The van der Waals surface area contributed by atoms with Crippen molar-refractivity contribution in [2.45, 2.75) is 31.5 Å². The van der Waals surface area contributed by atoms with E-state index in [2.05, 4.69) is 20.8 Å². The fourth-order valence-electron chi connectivity index (χ4n) is 1.15. The van der Waals surface area contributed by atoms with E-state index in [0.717, 1.165) is 6.42 Å². The summed E-state index contributed by atoms with van der Waals surface area (Å²) in [4.78, 5) is 0. The van der Waals surface area contributed by atoms with Crippen LogP contribution in [0.3, 0.4) is 0 Å². The van der Waals surface area contributed by atoms with Crippen LogP contribution in [0.4, 0.5) is 0 Å². The van der Waals surface area contributed by atoms with E-state index in [0.29, 0.717) is 5.92 Å². The number of hydrogen-bond donors (Lipinski definition) is 0. The van der Waals surface area contributed by atoms with E-state index in [4.69, 9.17) is 23.2 Å². The minimum absolute atomic E-state index is 0.281. The third-order valence-electron chi connectivity index (χ3n) is 1.87. The molecule has 0 bridgehead atoms. The predicted molar refractivity (Wildman–Crippen MR) is 42.0 cm³/mol. The first-order chi connectivity index (χ1) is 3.84. The maximum absolute atomic E-state index is 5.86. The SMILES string of the molecule is CC(C)(C)C1CC1(Cl)Cl. The molecule has 0 nitrogen and oxygen atoms in total. The fourth-order valence-corrected chi connectivity index (χ4v) is 2.12. The van der Waals surface area contributed by atoms with Crippen molar-refractivity contribution < 1.29 is 0 Å².